The molecule has 2 bridgehead atoms. The van der Waals surface area contributed by atoms with E-state index < -0.39 is 0 Å². The van der Waals surface area contributed by atoms with Crippen molar-refractivity contribution in [2.45, 2.75) is 82.2 Å². The molecule has 4 aliphatic rings. The highest BCUT2D eigenvalue weighted by atomic mass is 16.6. The minimum atomic E-state index is -0.119. The van der Waals surface area contributed by atoms with Crippen LogP contribution in [0.1, 0.15) is 81.3 Å². The second-order valence-corrected chi connectivity index (χ2v) is 10.6. The zero-order valence-electron chi connectivity index (χ0n) is 19.5. The SMILES string of the molecule is O=C(OCC1c2ccccc2-c2ccccc21)N1C2C=C(CCC3CCCCC3)CC1CC2. The summed E-state index contributed by atoms with van der Waals surface area (Å²) in [5.74, 6) is 1.06. The molecule has 2 aromatic rings. The molecule has 3 nitrogen and oxygen atoms in total. The van der Waals surface area contributed by atoms with Crippen molar-refractivity contribution in [1.29, 1.82) is 0 Å². The summed E-state index contributed by atoms with van der Waals surface area (Å²) < 4.78 is 6.01. The van der Waals surface area contributed by atoms with E-state index in [0.717, 1.165) is 25.2 Å². The first-order valence-electron chi connectivity index (χ1n) is 13.1. The molecule has 1 saturated heterocycles. The van der Waals surface area contributed by atoms with Crippen LogP contribution in [0, 0.1) is 5.92 Å². The number of benzene rings is 2. The zero-order chi connectivity index (χ0) is 22.2. The molecule has 2 aromatic carbocycles. The smallest absolute Gasteiger partial charge is 0.410 e. The molecule has 6 rings (SSSR count). The zero-order valence-corrected chi connectivity index (χ0v) is 19.5. The van der Waals surface area contributed by atoms with Gasteiger partial charge in [0.05, 0.1) is 6.04 Å². The van der Waals surface area contributed by atoms with E-state index in [2.05, 4.69) is 59.5 Å². The van der Waals surface area contributed by atoms with E-state index in [1.54, 1.807) is 5.57 Å². The molecule has 0 N–H and O–H groups in total. The number of carbonyl (C=O) groups is 1. The molecular weight excluding hydrogens is 406 g/mol. The summed E-state index contributed by atoms with van der Waals surface area (Å²) >= 11 is 0. The van der Waals surface area contributed by atoms with Crippen molar-refractivity contribution in [3.63, 3.8) is 0 Å². The van der Waals surface area contributed by atoms with Crippen molar-refractivity contribution in [2.24, 2.45) is 5.92 Å². The quantitative estimate of drug-likeness (QED) is 0.451. The van der Waals surface area contributed by atoms with Crippen molar-refractivity contribution in [1.82, 2.24) is 4.90 Å². The Morgan fingerprint density at radius 1 is 0.879 bits per heavy atom. The third-order valence-corrected chi connectivity index (χ3v) is 8.62. The van der Waals surface area contributed by atoms with Gasteiger partial charge in [-0.15, -0.1) is 0 Å². The molecule has 0 spiro atoms. The Morgan fingerprint density at radius 2 is 1.58 bits per heavy atom. The van der Waals surface area contributed by atoms with Crippen molar-refractivity contribution < 1.29 is 9.53 Å². The van der Waals surface area contributed by atoms with E-state index in [9.17, 15) is 4.79 Å². The number of hydrogen-bond acceptors (Lipinski definition) is 2. The average Bonchev–Trinajstić information content (AvgIpc) is 3.33. The number of hydrogen-bond donors (Lipinski definition) is 0. The summed E-state index contributed by atoms with van der Waals surface area (Å²) in [6.07, 6.45) is 15.2. The summed E-state index contributed by atoms with van der Waals surface area (Å²) in [6, 6.07) is 17.6. The fourth-order valence-corrected chi connectivity index (χ4v) is 6.92. The van der Waals surface area contributed by atoms with E-state index in [-0.39, 0.29) is 18.1 Å². The number of rotatable bonds is 5. The Labute approximate surface area is 197 Å². The van der Waals surface area contributed by atoms with Crippen molar-refractivity contribution in [3.8, 4) is 11.1 Å². The molecular formula is C30H35NO2. The molecule has 0 radical (unpaired) electrons. The summed E-state index contributed by atoms with van der Waals surface area (Å²) in [5.41, 5.74) is 6.70. The molecule has 1 amide bonds. The Hall–Kier alpha value is -2.55. The summed E-state index contributed by atoms with van der Waals surface area (Å²) in [5, 5.41) is 0. The van der Waals surface area contributed by atoms with Gasteiger partial charge in [0.25, 0.3) is 0 Å². The first-order valence-corrected chi connectivity index (χ1v) is 13.1. The van der Waals surface area contributed by atoms with Crippen LogP contribution in [0.2, 0.25) is 0 Å². The van der Waals surface area contributed by atoms with Gasteiger partial charge < -0.3 is 4.74 Å². The minimum Gasteiger partial charge on any atom is -0.448 e. The number of carbonyl (C=O) groups excluding carboxylic acids is 1. The number of fused-ring (bicyclic) bond motifs is 5. The lowest BCUT2D eigenvalue weighted by Crippen LogP contribution is -2.43. The van der Waals surface area contributed by atoms with Gasteiger partial charge in [-0.05, 0) is 60.3 Å². The molecule has 1 saturated carbocycles. The molecule has 2 aliphatic heterocycles. The summed E-state index contributed by atoms with van der Waals surface area (Å²) in [6.45, 7) is 0.418. The van der Waals surface area contributed by atoms with Gasteiger partial charge in [-0.2, -0.15) is 0 Å². The highest BCUT2D eigenvalue weighted by molar-refractivity contribution is 5.79. The van der Waals surface area contributed by atoms with Crippen LogP contribution >= 0.6 is 0 Å². The maximum atomic E-state index is 13.2. The molecule has 2 unspecified atom stereocenters. The van der Waals surface area contributed by atoms with Gasteiger partial charge in [-0.25, -0.2) is 4.79 Å². The van der Waals surface area contributed by atoms with Crippen LogP contribution in [0.3, 0.4) is 0 Å². The third kappa shape index (κ3) is 4.00. The fraction of sp³-hybridized carbons (Fsp3) is 0.500. The monoisotopic (exact) mass is 441 g/mol. The largest absolute Gasteiger partial charge is 0.448 e. The van der Waals surface area contributed by atoms with Crippen LogP contribution in [-0.2, 0) is 4.74 Å². The topological polar surface area (TPSA) is 29.5 Å². The Balaban J connectivity index is 1.10. The Morgan fingerprint density at radius 3 is 2.27 bits per heavy atom. The molecule has 3 heteroatoms. The molecule has 172 valence electrons. The van der Waals surface area contributed by atoms with Gasteiger partial charge in [-0.1, -0.05) is 92.3 Å². The second-order valence-electron chi connectivity index (χ2n) is 10.6. The lowest BCUT2D eigenvalue weighted by molar-refractivity contribution is 0.0847. The van der Waals surface area contributed by atoms with Crippen LogP contribution < -0.4 is 0 Å². The molecule has 2 heterocycles. The van der Waals surface area contributed by atoms with Crippen molar-refractivity contribution in [2.75, 3.05) is 6.61 Å². The van der Waals surface area contributed by atoms with Gasteiger partial charge in [0.2, 0.25) is 0 Å². The highest BCUT2D eigenvalue weighted by Gasteiger charge is 2.41. The maximum Gasteiger partial charge on any atom is 0.410 e. The minimum absolute atomic E-state index is 0.119. The van der Waals surface area contributed by atoms with Gasteiger partial charge in [0.15, 0.2) is 0 Å². The van der Waals surface area contributed by atoms with Crippen LogP contribution in [0.15, 0.2) is 60.2 Å². The van der Waals surface area contributed by atoms with E-state index in [1.165, 1.54) is 67.2 Å². The van der Waals surface area contributed by atoms with Gasteiger partial charge in [0.1, 0.15) is 6.61 Å². The van der Waals surface area contributed by atoms with Gasteiger partial charge in [0, 0.05) is 12.0 Å². The van der Waals surface area contributed by atoms with Crippen LogP contribution in [0.4, 0.5) is 4.79 Å². The maximum absolute atomic E-state index is 13.2. The van der Waals surface area contributed by atoms with Gasteiger partial charge >= 0.3 is 6.09 Å². The fourth-order valence-electron chi connectivity index (χ4n) is 6.92. The first kappa shape index (κ1) is 21.0. The predicted octanol–water partition coefficient (Wildman–Crippen LogP) is 7.46. The van der Waals surface area contributed by atoms with E-state index >= 15 is 0 Å². The number of ether oxygens (including phenoxy) is 1. The lowest BCUT2D eigenvalue weighted by Gasteiger charge is -2.34. The normalized spacial score (nSPS) is 24.4. The molecule has 0 aromatic heterocycles. The van der Waals surface area contributed by atoms with Crippen LogP contribution in [0.25, 0.3) is 11.1 Å². The third-order valence-electron chi connectivity index (χ3n) is 8.62. The van der Waals surface area contributed by atoms with E-state index in [1.807, 2.05) is 0 Å². The van der Waals surface area contributed by atoms with E-state index in [4.69, 9.17) is 4.74 Å². The molecule has 2 fully saturated rings. The summed E-state index contributed by atoms with van der Waals surface area (Å²) in [7, 11) is 0. The van der Waals surface area contributed by atoms with Crippen molar-refractivity contribution in [3.05, 3.63) is 71.3 Å². The first-order chi connectivity index (χ1) is 16.3. The average molecular weight is 442 g/mol. The number of amides is 1. The Bertz CT molecular complexity index is 1010. The van der Waals surface area contributed by atoms with Crippen LogP contribution in [0.5, 0.6) is 0 Å². The highest BCUT2D eigenvalue weighted by Crippen LogP contribution is 2.45. The second kappa shape index (κ2) is 9.00. The predicted molar refractivity (Wildman–Crippen MR) is 132 cm³/mol. The standard InChI is InChI=1S/C30H35NO2/c32-30(33-20-29-27-12-6-4-10-25(27)26-11-5-7-13-28(26)29)31-23-16-17-24(31)19-22(18-23)15-14-21-8-2-1-3-9-21/h4-7,10-13,18,21,23-24,29H,1-3,8-9,14-17,19-20H2. The Kier molecular flexibility index (Phi) is 5.73. The van der Waals surface area contributed by atoms with E-state index in [0.29, 0.717) is 12.6 Å². The van der Waals surface area contributed by atoms with Gasteiger partial charge in [-0.3, -0.25) is 4.90 Å². The van der Waals surface area contributed by atoms with Crippen LogP contribution in [-0.4, -0.2) is 29.7 Å². The molecule has 2 aliphatic carbocycles. The lowest BCUT2D eigenvalue weighted by atomic mass is 9.84. The molecule has 33 heavy (non-hydrogen) atoms. The van der Waals surface area contributed by atoms with Crippen molar-refractivity contribution >= 4 is 6.09 Å². The molecule has 2 atom stereocenters. The summed E-state index contributed by atoms with van der Waals surface area (Å²) in [4.78, 5) is 15.3. The number of nitrogens with zero attached hydrogens (tertiary/aromatic N) is 1.